The second-order valence-corrected chi connectivity index (χ2v) is 8.24. The normalized spacial score (nSPS) is 17.4. The van der Waals surface area contributed by atoms with Crippen molar-refractivity contribution < 1.29 is 13.2 Å². The number of carbonyl (C=O) groups is 1. The molecule has 1 aliphatic rings. The Kier molecular flexibility index (Phi) is 5.44. The molecule has 1 aliphatic heterocycles. The summed E-state index contributed by atoms with van der Waals surface area (Å²) >= 11 is 0. The molecule has 1 saturated heterocycles. The number of anilines is 1. The standard InChI is InChI=1S/C16H25N3O3S/c1-12(2)16(20)17-14-6-5-13(3)15(11-14)23(21,22)19-9-7-18(4)8-10-19/h5-6,11-12H,7-10H2,1-4H3,(H,17,20). The van der Waals surface area contributed by atoms with Gasteiger partial charge in [0.15, 0.2) is 0 Å². The lowest BCUT2D eigenvalue weighted by atomic mass is 10.2. The first-order chi connectivity index (χ1) is 10.7. The Labute approximate surface area is 138 Å². The summed E-state index contributed by atoms with van der Waals surface area (Å²) in [6.07, 6.45) is 0. The van der Waals surface area contributed by atoms with Crippen molar-refractivity contribution in [1.29, 1.82) is 0 Å². The fourth-order valence-electron chi connectivity index (χ4n) is 2.41. The van der Waals surface area contributed by atoms with Crippen molar-refractivity contribution in [2.45, 2.75) is 25.7 Å². The summed E-state index contributed by atoms with van der Waals surface area (Å²) < 4.78 is 27.3. The van der Waals surface area contributed by atoms with E-state index in [4.69, 9.17) is 0 Å². The molecular formula is C16H25N3O3S. The van der Waals surface area contributed by atoms with Crippen molar-refractivity contribution >= 4 is 21.6 Å². The Morgan fingerprint density at radius 3 is 2.35 bits per heavy atom. The van der Waals surface area contributed by atoms with Crippen LogP contribution in [0.25, 0.3) is 0 Å². The SMILES string of the molecule is Cc1ccc(NC(=O)C(C)C)cc1S(=O)(=O)N1CCN(C)CC1. The molecule has 0 bridgehead atoms. The predicted octanol–water partition coefficient (Wildman–Crippen LogP) is 1.53. The van der Waals surface area contributed by atoms with Gasteiger partial charge in [-0.15, -0.1) is 0 Å². The molecule has 0 spiro atoms. The fourth-order valence-corrected chi connectivity index (χ4v) is 4.08. The van der Waals surface area contributed by atoms with Crippen molar-refractivity contribution in [3.8, 4) is 0 Å². The highest BCUT2D eigenvalue weighted by molar-refractivity contribution is 7.89. The third-order valence-electron chi connectivity index (χ3n) is 4.06. The van der Waals surface area contributed by atoms with Gasteiger partial charge in [-0.3, -0.25) is 4.79 Å². The van der Waals surface area contributed by atoms with Gasteiger partial charge in [-0.1, -0.05) is 19.9 Å². The average molecular weight is 339 g/mol. The minimum Gasteiger partial charge on any atom is -0.326 e. The van der Waals surface area contributed by atoms with Crippen molar-refractivity contribution in [3.63, 3.8) is 0 Å². The Morgan fingerprint density at radius 2 is 1.78 bits per heavy atom. The van der Waals surface area contributed by atoms with E-state index in [-0.39, 0.29) is 16.7 Å². The van der Waals surface area contributed by atoms with Gasteiger partial charge in [0, 0.05) is 37.8 Å². The van der Waals surface area contributed by atoms with Gasteiger partial charge in [-0.2, -0.15) is 4.31 Å². The maximum atomic E-state index is 12.9. The molecular weight excluding hydrogens is 314 g/mol. The largest absolute Gasteiger partial charge is 0.326 e. The monoisotopic (exact) mass is 339 g/mol. The molecule has 0 saturated carbocycles. The van der Waals surface area contributed by atoms with E-state index in [0.29, 0.717) is 24.3 Å². The molecule has 0 aliphatic carbocycles. The van der Waals surface area contributed by atoms with Gasteiger partial charge in [-0.05, 0) is 31.7 Å². The summed E-state index contributed by atoms with van der Waals surface area (Å²) in [5, 5.41) is 2.76. The second kappa shape index (κ2) is 6.98. The van der Waals surface area contributed by atoms with Crippen LogP contribution in [0.15, 0.2) is 23.1 Å². The van der Waals surface area contributed by atoms with Crippen LogP contribution in [0.3, 0.4) is 0 Å². The molecule has 1 amide bonds. The average Bonchev–Trinajstić information content (AvgIpc) is 2.49. The number of hydrogen-bond acceptors (Lipinski definition) is 4. The molecule has 0 unspecified atom stereocenters. The van der Waals surface area contributed by atoms with Gasteiger partial charge < -0.3 is 10.2 Å². The third-order valence-corrected chi connectivity index (χ3v) is 6.10. The number of piperazine rings is 1. The summed E-state index contributed by atoms with van der Waals surface area (Å²) in [5.41, 5.74) is 1.20. The van der Waals surface area contributed by atoms with E-state index in [9.17, 15) is 13.2 Å². The lowest BCUT2D eigenvalue weighted by Gasteiger charge is -2.32. The van der Waals surface area contributed by atoms with Crippen molar-refractivity contribution in [3.05, 3.63) is 23.8 Å². The smallest absolute Gasteiger partial charge is 0.243 e. The molecule has 2 rings (SSSR count). The van der Waals surface area contributed by atoms with E-state index in [0.717, 1.165) is 13.1 Å². The van der Waals surface area contributed by atoms with Gasteiger partial charge in [0.1, 0.15) is 0 Å². The van der Waals surface area contributed by atoms with Crippen LogP contribution in [0.2, 0.25) is 0 Å². The van der Waals surface area contributed by atoms with Crippen LogP contribution in [0.5, 0.6) is 0 Å². The maximum Gasteiger partial charge on any atom is 0.243 e. The summed E-state index contributed by atoms with van der Waals surface area (Å²) in [4.78, 5) is 14.2. The van der Waals surface area contributed by atoms with Crippen LogP contribution in [0.4, 0.5) is 5.69 Å². The zero-order valence-electron chi connectivity index (χ0n) is 14.2. The van der Waals surface area contributed by atoms with Crippen LogP contribution < -0.4 is 5.32 Å². The summed E-state index contributed by atoms with van der Waals surface area (Å²) in [6, 6.07) is 5.03. The number of aryl methyl sites for hydroxylation is 1. The molecule has 1 aromatic rings. The molecule has 6 nitrogen and oxygen atoms in total. The first kappa shape index (κ1) is 17.9. The van der Waals surface area contributed by atoms with E-state index in [1.165, 1.54) is 4.31 Å². The molecule has 1 aromatic carbocycles. The quantitative estimate of drug-likeness (QED) is 0.903. The molecule has 23 heavy (non-hydrogen) atoms. The molecule has 0 aromatic heterocycles. The summed E-state index contributed by atoms with van der Waals surface area (Å²) in [6.45, 7) is 7.79. The minimum absolute atomic E-state index is 0.128. The van der Waals surface area contributed by atoms with Crippen LogP contribution in [0.1, 0.15) is 19.4 Å². The van der Waals surface area contributed by atoms with E-state index < -0.39 is 10.0 Å². The van der Waals surface area contributed by atoms with Gasteiger partial charge >= 0.3 is 0 Å². The molecule has 0 atom stereocenters. The Bertz CT molecular complexity index is 678. The zero-order chi connectivity index (χ0) is 17.2. The number of nitrogens with zero attached hydrogens (tertiary/aromatic N) is 2. The second-order valence-electron chi connectivity index (χ2n) is 6.33. The van der Waals surface area contributed by atoms with Crippen LogP contribution in [-0.4, -0.2) is 56.8 Å². The molecule has 7 heteroatoms. The first-order valence-electron chi connectivity index (χ1n) is 7.82. The number of likely N-dealkylation sites (N-methyl/N-ethyl adjacent to an activating group) is 1. The van der Waals surface area contributed by atoms with E-state index in [1.807, 2.05) is 7.05 Å². The van der Waals surface area contributed by atoms with E-state index in [1.54, 1.807) is 39.0 Å². The summed E-state index contributed by atoms with van der Waals surface area (Å²) in [7, 11) is -1.56. The highest BCUT2D eigenvalue weighted by Gasteiger charge is 2.29. The van der Waals surface area contributed by atoms with Gasteiger partial charge in [0.25, 0.3) is 0 Å². The molecule has 1 N–H and O–H groups in total. The molecule has 1 heterocycles. The number of benzene rings is 1. The Balaban J connectivity index is 2.29. The van der Waals surface area contributed by atoms with Crippen molar-refractivity contribution in [2.24, 2.45) is 5.92 Å². The van der Waals surface area contributed by atoms with Gasteiger partial charge in [0.2, 0.25) is 15.9 Å². The number of amides is 1. The number of nitrogens with one attached hydrogen (secondary N) is 1. The fraction of sp³-hybridized carbons (Fsp3) is 0.562. The number of hydrogen-bond donors (Lipinski definition) is 1. The Hall–Kier alpha value is -1.44. The highest BCUT2D eigenvalue weighted by Crippen LogP contribution is 2.24. The van der Waals surface area contributed by atoms with Gasteiger partial charge in [0.05, 0.1) is 4.90 Å². The van der Waals surface area contributed by atoms with E-state index >= 15 is 0 Å². The molecule has 128 valence electrons. The first-order valence-corrected chi connectivity index (χ1v) is 9.26. The molecule has 0 radical (unpaired) electrons. The number of sulfonamides is 1. The third kappa shape index (κ3) is 4.10. The zero-order valence-corrected chi connectivity index (χ0v) is 15.0. The van der Waals surface area contributed by atoms with Crippen LogP contribution in [0, 0.1) is 12.8 Å². The Morgan fingerprint density at radius 1 is 1.17 bits per heavy atom. The van der Waals surface area contributed by atoms with Crippen molar-refractivity contribution in [1.82, 2.24) is 9.21 Å². The highest BCUT2D eigenvalue weighted by atomic mass is 32.2. The van der Waals surface area contributed by atoms with Crippen LogP contribution in [-0.2, 0) is 14.8 Å². The summed E-state index contributed by atoms with van der Waals surface area (Å²) in [5.74, 6) is -0.286. The lowest BCUT2D eigenvalue weighted by Crippen LogP contribution is -2.47. The van der Waals surface area contributed by atoms with Gasteiger partial charge in [-0.25, -0.2) is 8.42 Å². The van der Waals surface area contributed by atoms with Crippen LogP contribution >= 0.6 is 0 Å². The lowest BCUT2D eigenvalue weighted by molar-refractivity contribution is -0.118. The minimum atomic E-state index is -3.54. The predicted molar refractivity (Wildman–Crippen MR) is 90.9 cm³/mol. The van der Waals surface area contributed by atoms with E-state index in [2.05, 4.69) is 10.2 Å². The topological polar surface area (TPSA) is 69.7 Å². The maximum absolute atomic E-state index is 12.9. The number of rotatable bonds is 4. The van der Waals surface area contributed by atoms with Crippen molar-refractivity contribution in [2.75, 3.05) is 38.5 Å². The molecule has 1 fully saturated rings. The number of carbonyl (C=O) groups excluding carboxylic acids is 1.